The van der Waals surface area contributed by atoms with Gasteiger partial charge in [-0.25, -0.2) is 4.98 Å². The van der Waals surface area contributed by atoms with E-state index in [-0.39, 0.29) is 0 Å². The number of ether oxygens (including phenoxy) is 1. The van der Waals surface area contributed by atoms with E-state index >= 15 is 0 Å². The third-order valence-corrected chi connectivity index (χ3v) is 6.35. The van der Waals surface area contributed by atoms with E-state index in [1.54, 1.807) is 18.4 Å². The summed E-state index contributed by atoms with van der Waals surface area (Å²) in [5.41, 5.74) is 5.22. The van der Waals surface area contributed by atoms with E-state index in [4.69, 9.17) is 9.72 Å². The summed E-state index contributed by atoms with van der Waals surface area (Å²) in [5, 5.41) is 3.61. The van der Waals surface area contributed by atoms with Gasteiger partial charge in [-0.15, -0.1) is 11.3 Å². The molecule has 0 unspecified atom stereocenters. The number of imidazole rings is 1. The summed E-state index contributed by atoms with van der Waals surface area (Å²) in [6, 6.07) is 26.5. The van der Waals surface area contributed by atoms with E-state index in [0.717, 1.165) is 38.2 Å². The van der Waals surface area contributed by atoms with Crippen molar-refractivity contribution < 1.29 is 4.74 Å². The number of benzene rings is 2. The van der Waals surface area contributed by atoms with Crippen LogP contribution in [0.1, 0.15) is 21.6 Å². The Kier molecular flexibility index (Phi) is 5.84. The number of hydrogen-bond donors (Lipinski definition) is 1. The molecule has 0 saturated carbocycles. The number of aryl methyl sites for hydroxylation is 1. The Morgan fingerprint density at radius 1 is 0.970 bits per heavy atom. The molecule has 3 heterocycles. The summed E-state index contributed by atoms with van der Waals surface area (Å²) in [5.74, 6) is 8.35. The van der Waals surface area contributed by atoms with Gasteiger partial charge in [0, 0.05) is 18.3 Å². The molecule has 5 rings (SSSR count). The zero-order valence-corrected chi connectivity index (χ0v) is 19.3. The number of aromatic nitrogens is 2. The van der Waals surface area contributed by atoms with Gasteiger partial charge in [0.05, 0.1) is 16.9 Å². The quantitative estimate of drug-likeness (QED) is 0.316. The fraction of sp³-hybridized carbons (Fsp3) is 0.107. The van der Waals surface area contributed by atoms with Crippen LogP contribution in [0.25, 0.3) is 16.2 Å². The maximum atomic E-state index is 5.27. The van der Waals surface area contributed by atoms with Gasteiger partial charge in [0.15, 0.2) is 0 Å². The second-order valence-corrected chi connectivity index (χ2v) is 8.81. The Hall–Kier alpha value is -4.01. The Morgan fingerprint density at radius 2 is 1.79 bits per heavy atom. The number of hydrogen-bond acceptors (Lipinski definition) is 4. The van der Waals surface area contributed by atoms with Crippen molar-refractivity contribution in [2.45, 2.75) is 13.5 Å². The van der Waals surface area contributed by atoms with Crippen LogP contribution in [-0.2, 0) is 6.54 Å². The summed E-state index contributed by atoms with van der Waals surface area (Å²) in [6.07, 6.45) is 2.07. The molecule has 0 aliphatic heterocycles. The van der Waals surface area contributed by atoms with Gasteiger partial charge in [-0.1, -0.05) is 42.2 Å². The first-order chi connectivity index (χ1) is 16.2. The lowest BCUT2D eigenvalue weighted by Crippen LogP contribution is -2.03. The summed E-state index contributed by atoms with van der Waals surface area (Å²) >= 11 is 1.66. The predicted molar refractivity (Wildman–Crippen MR) is 136 cm³/mol. The Labute approximate surface area is 197 Å². The van der Waals surface area contributed by atoms with Crippen molar-refractivity contribution in [2.75, 3.05) is 12.4 Å². The monoisotopic (exact) mass is 449 g/mol. The number of nitrogens with zero attached hydrogens (tertiary/aromatic N) is 2. The molecule has 0 amide bonds. The summed E-state index contributed by atoms with van der Waals surface area (Å²) in [6.45, 7) is 2.77. The topological polar surface area (TPSA) is 38.6 Å². The number of nitrogens with one attached hydrogen (secondary N) is 1. The molecule has 0 fully saturated rings. The van der Waals surface area contributed by atoms with Gasteiger partial charge in [0.25, 0.3) is 0 Å². The highest BCUT2D eigenvalue weighted by Gasteiger charge is 2.16. The first-order valence-electron chi connectivity index (χ1n) is 10.7. The van der Waals surface area contributed by atoms with Crippen molar-refractivity contribution in [1.82, 2.24) is 9.38 Å². The molecule has 162 valence electrons. The molecular formula is C28H23N3OS. The number of anilines is 1. The second-order valence-electron chi connectivity index (χ2n) is 7.72. The highest BCUT2D eigenvalue weighted by Crippen LogP contribution is 2.34. The van der Waals surface area contributed by atoms with Gasteiger partial charge in [-0.2, -0.15) is 0 Å². The van der Waals surface area contributed by atoms with Crippen molar-refractivity contribution in [3.63, 3.8) is 0 Å². The zero-order valence-electron chi connectivity index (χ0n) is 18.5. The lowest BCUT2D eigenvalue weighted by Gasteiger charge is -2.09. The first-order valence-corrected chi connectivity index (χ1v) is 11.5. The molecule has 3 aromatic heterocycles. The molecule has 0 aliphatic rings. The molecular weight excluding hydrogens is 426 g/mol. The number of rotatable bonds is 5. The molecule has 4 nitrogen and oxygen atoms in total. The highest BCUT2D eigenvalue weighted by atomic mass is 32.1. The number of methoxy groups -OCH3 is 1. The molecule has 33 heavy (non-hydrogen) atoms. The van der Waals surface area contributed by atoms with Gasteiger partial charge in [0.1, 0.15) is 22.9 Å². The molecule has 5 aromatic rings. The zero-order chi connectivity index (χ0) is 22.6. The van der Waals surface area contributed by atoms with Crippen LogP contribution in [0.2, 0.25) is 0 Å². The van der Waals surface area contributed by atoms with Crippen molar-refractivity contribution in [2.24, 2.45) is 0 Å². The molecule has 2 aromatic carbocycles. The molecule has 0 saturated heterocycles. The number of pyridine rings is 1. The minimum Gasteiger partial charge on any atom is -0.497 e. The second kappa shape index (κ2) is 9.23. The number of thiophene rings is 1. The fourth-order valence-electron chi connectivity index (χ4n) is 3.60. The largest absolute Gasteiger partial charge is 0.497 e. The van der Waals surface area contributed by atoms with E-state index in [1.807, 2.05) is 42.5 Å². The van der Waals surface area contributed by atoms with Gasteiger partial charge in [0.2, 0.25) is 0 Å². The highest BCUT2D eigenvalue weighted by molar-refractivity contribution is 7.16. The smallest absolute Gasteiger partial charge is 0.139 e. The molecule has 0 radical (unpaired) electrons. The van der Waals surface area contributed by atoms with Crippen LogP contribution in [-0.4, -0.2) is 16.5 Å². The van der Waals surface area contributed by atoms with Gasteiger partial charge in [-0.05, 0) is 66.6 Å². The normalized spacial score (nSPS) is 10.6. The van der Waals surface area contributed by atoms with E-state index in [9.17, 15) is 0 Å². The van der Waals surface area contributed by atoms with E-state index < -0.39 is 0 Å². The van der Waals surface area contributed by atoms with Crippen LogP contribution in [0.3, 0.4) is 0 Å². The van der Waals surface area contributed by atoms with E-state index in [1.165, 1.54) is 11.1 Å². The average Bonchev–Trinajstić information content (AvgIpc) is 3.46. The van der Waals surface area contributed by atoms with Crippen LogP contribution in [0.15, 0.2) is 85.1 Å². The lowest BCUT2D eigenvalue weighted by molar-refractivity contribution is 0.414. The molecule has 0 aliphatic carbocycles. The maximum Gasteiger partial charge on any atom is 0.139 e. The third kappa shape index (κ3) is 4.62. The molecule has 5 heteroatoms. The SMILES string of the molecule is COc1ccc(CNc2c(-c3ccc(C#Cc4ccccc4)s3)nc3cc(C)ccn23)cc1. The fourth-order valence-corrected chi connectivity index (χ4v) is 4.45. The Bertz CT molecular complexity index is 1450. The van der Waals surface area contributed by atoms with Crippen molar-refractivity contribution >= 4 is 22.8 Å². The third-order valence-electron chi connectivity index (χ3n) is 5.34. The van der Waals surface area contributed by atoms with Crippen LogP contribution in [0.5, 0.6) is 5.75 Å². The number of fused-ring (bicyclic) bond motifs is 1. The van der Waals surface area contributed by atoms with Crippen LogP contribution < -0.4 is 10.1 Å². The predicted octanol–water partition coefficient (Wildman–Crippen LogP) is 6.39. The van der Waals surface area contributed by atoms with Gasteiger partial charge < -0.3 is 10.1 Å². The van der Waals surface area contributed by atoms with Gasteiger partial charge >= 0.3 is 0 Å². The summed E-state index contributed by atoms with van der Waals surface area (Å²) in [4.78, 5) is 7.06. The maximum absolute atomic E-state index is 5.27. The van der Waals surface area contributed by atoms with Crippen molar-refractivity contribution in [1.29, 1.82) is 0 Å². The first kappa shape index (κ1) is 20.9. The average molecular weight is 450 g/mol. The van der Waals surface area contributed by atoms with Crippen molar-refractivity contribution in [3.8, 4) is 28.2 Å². The minimum atomic E-state index is 0.685. The molecule has 0 spiro atoms. The van der Waals surface area contributed by atoms with Gasteiger partial charge in [-0.3, -0.25) is 4.40 Å². The minimum absolute atomic E-state index is 0.685. The Morgan fingerprint density at radius 3 is 2.58 bits per heavy atom. The van der Waals surface area contributed by atoms with E-state index in [0.29, 0.717) is 6.54 Å². The van der Waals surface area contributed by atoms with E-state index in [2.05, 4.69) is 71.1 Å². The molecule has 0 atom stereocenters. The van der Waals surface area contributed by atoms with Crippen LogP contribution in [0.4, 0.5) is 5.82 Å². The van der Waals surface area contributed by atoms with Crippen LogP contribution in [0, 0.1) is 18.8 Å². The van der Waals surface area contributed by atoms with Crippen molar-refractivity contribution in [3.05, 3.63) is 107 Å². The standard InChI is InChI=1S/C28H23N3OS/c1-20-16-17-31-26(18-20)30-27(28(31)29-19-22-8-11-23(32-2)12-9-22)25-15-14-24(33-25)13-10-21-6-4-3-5-7-21/h3-9,11-12,14-18,29H,19H2,1-2H3. The summed E-state index contributed by atoms with van der Waals surface area (Å²) < 4.78 is 7.38. The molecule has 0 bridgehead atoms. The lowest BCUT2D eigenvalue weighted by atomic mass is 10.2. The molecule has 1 N–H and O–H groups in total. The summed E-state index contributed by atoms with van der Waals surface area (Å²) in [7, 11) is 1.68. The Balaban J connectivity index is 1.47. The van der Waals surface area contributed by atoms with Crippen LogP contribution >= 0.6 is 11.3 Å².